The molecule has 1 heterocycles. The minimum absolute atomic E-state index is 0.0211. The third-order valence-electron chi connectivity index (χ3n) is 1.77. The Bertz CT molecular complexity index is 351. The molecule has 4 N–H and O–H groups in total. The van der Waals surface area contributed by atoms with Crippen LogP contribution in [0.1, 0.15) is 5.56 Å². The highest BCUT2D eigenvalue weighted by atomic mass is 32.1. The van der Waals surface area contributed by atoms with E-state index >= 15 is 0 Å². The van der Waals surface area contributed by atoms with Crippen molar-refractivity contribution >= 4 is 23.3 Å². The zero-order valence-corrected chi connectivity index (χ0v) is 9.66. The zero-order chi connectivity index (χ0) is 11.3. The molecule has 0 aliphatic carbocycles. The molecule has 0 spiro atoms. The van der Waals surface area contributed by atoms with E-state index in [1.54, 1.807) is 18.4 Å². The summed E-state index contributed by atoms with van der Waals surface area (Å²) in [6, 6.07) is 2.06. The fraction of sp³-hybridized carbons (Fsp3) is 0.333. The van der Waals surface area contributed by atoms with Gasteiger partial charge in [0.15, 0.2) is 5.96 Å². The lowest BCUT2D eigenvalue weighted by Gasteiger charge is -2.16. The van der Waals surface area contributed by atoms with Crippen molar-refractivity contribution in [2.24, 2.45) is 21.5 Å². The topological polar surface area (TPSA) is 80.0 Å². The first kappa shape index (κ1) is 11.5. The van der Waals surface area contributed by atoms with Gasteiger partial charge in [-0.2, -0.15) is 16.3 Å². The van der Waals surface area contributed by atoms with E-state index < -0.39 is 0 Å². The molecule has 6 heteroatoms. The van der Waals surface area contributed by atoms with Gasteiger partial charge in [0.2, 0.25) is 5.96 Å². The van der Waals surface area contributed by atoms with E-state index in [0.717, 1.165) is 6.54 Å². The van der Waals surface area contributed by atoms with Crippen LogP contribution in [0.2, 0.25) is 0 Å². The van der Waals surface area contributed by atoms with E-state index in [0.29, 0.717) is 5.96 Å². The third kappa shape index (κ3) is 3.59. The summed E-state index contributed by atoms with van der Waals surface area (Å²) < 4.78 is 0. The summed E-state index contributed by atoms with van der Waals surface area (Å²) in [5.74, 6) is 0.550. The zero-order valence-electron chi connectivity index (χ0n) is 8.84. The number of rotatable bonds is 2. The van der Waals surface area contributed by atoms with Gasteiger partial charge < -0.3 is 16.4 Å². The Morgan fingerprint density at radius 1 is 1.53 bits per heavy atom. The normalized spacial score (nSPS) is 11.2. The SMILES string of the molecule is CN=C(N=C(N)N)N(C)Cc1ccsc1. The molecule has 0 fully saturated rings. The minimum Gasteiger partial charge on any atom is -0.370 e. The molecule has 5 nitrogen and oxygen atoms in total. The molecular weight excluding hydrogens is 210 g/mol. The lowest BCUT2D eigenvalue weighted by molar-refractivity contribution is 0.495. The number of guanidine groups is 2. The monoisotopic (exact) mass is 225 g/mol. The third-order valence-corrected chi connectivity index (χ3v) is 2.50. The maximum atomic E-state index is 5.30. The van der Waals surface area contributed by atoms with Gasteiger partial charge in [0, 0.05) is 20.6 Å². The van der Waals surface area contributed by atoms with E-state index in [1.165, 1.54) is 5.56 Å². The fourth-order valence-electron chi connectivity index (χ4n) is 1.15. The Morgan fingerprint density at radius 2 is 2.27 bits per heavy atom. The van der Waals surface area contributed by atoms with Gasteiger partial charge >= 0.3 is 0 Å². The standard InChI is InChI=1S/C9H15N5S/c1-12-9(13-8(10)11)14(2)5-7-3-4-15-6-7/h3-4,6H,5H2,1-2H3,(H4,10,11,12,13). The molecule has 0 saturated carbocycles. The smallest absolute Gasteiger partial charge is 0.223 e. The van der Waals surface area contributed by atoms with Crippen molar-refractivity contribution in [3.8, 4) is 0 Å². The van der Waals surface area contributed by atoms with Gasteiger partial charge in [-0.15, -0.1) is 0 Å². The molecule has 0 saturated heterocycles. The molecule has 0 amide bonds. The van der Waals surface area contributed by atoms with Crippen LogP contribution in [-0.2, 0) is 6.54 Å². The van der Waals surface area contributed by atoms with Crippen LogP contribution in [0.3, 0.4) is 0 Å². The first-order valence-electron chi connectivity index (χ1n) is 4.42. The van der Waals surface area contributed by atoms with Gasteiger partial charge in [-0.3, -0.25) is 4.99 Å². The average Bonchev–Trinajstić information content (AvgIpc) is 2.66. The van der Waals surface area contributed by atoms with E-state index in [4.69, 9.17) is 11.5 Å². The lowest BCUT2D eigenvalue weighted by Crippen LogP contribution is -2.30. The molecular formula is C9H15N5S. The lowest BCUT2D eigenvalue weighted by atomic mass is 10.3. The van der Waals surface area contributed by atoms with Crippen molar-refractivity contribution in [1.82, 2.24) is 4.90 Å². The van der Waals surface area contributed by atoms with Crippen LogP contribution in [0.25, 0.3) is 0 Å². The second kappa shape index (κ2) is 5.35. The van der Waals surface area contributed by atoms with Gasteiger partial charge in [0.05, 0.1) is 0 Å². The molecule has 0 aliphatic rings. The molecule has 0 bridgehead atoms. The fourth-order valence-corrected chi connectivity index (χ4v) is 1.81. The van der Waals surface area contributed by atoms with Gasteiger partial charge in [-0.05, 0) is 22.4 Å². The maximum absolute atomic E-state index is 5.30. The molecule has 82 valence electrons. The van der Waals surface area contributed by atoms with Crippen molar-refractivity contribution in [3.63, 3.8) is 0 Å². The Hall–Kier alpha value is -1.56. The summed E-state index contributed by atoms with van der Waals surface area (Å²) in [5.41, 5.74) is 11.8. The van der Waals surface area contributed by atoms with E-state index in [1.807, 2.05) is 17.3 Å². The number of thiophene rings is 1. The first-order chi connectivity index (χ1) is 7.13. The van der Waals surface area contributed by atoms with Gasteiger partial charge in [-0.1, -0.05) is 0 Å². The van der Waals surface area contributed by atoms with Crippen LogP contribution in [0, 0.1) is 0 Å². The molecule has 0 radical (unpaired) electrons. The molecule has 15 heavy (non-hydrogen) atoms. The Balaban J connectivity index is 2.67. The van der Waals surface area contributed by atoms with Crippen LogP contribution in [0.4, 0.5) is 0 Å². The second-order valence-electron chi connectivity index (χ2n) is 3.05. The maximum Gasteiger partial charge on any atom is 0.223 e. The van der Waals surface area contributed by atoms with Crippen LogP contribution < -0.4 is 11.5 Å². The minimum atomic E-state index is 0.0211. The molecule has 0 unspecified atom stereocenters. The molecule has 1 aromatic heterocycles. The number of aliphatic imine (C=N–C) groups is 2. The summed E-state index contributed by atoms with van der Waals surface area (Å²) in [4.78, 5) is 9.83. The van der Waals surface area contributed by atoms with Gasteiger partial charge in [0.25, 0.3) is 0 Å². The van der Waals surface area contributed by atoms with Crippen LogP contribution in [0.15, 0.2) is 26.8 Å². The summed E-state index contributed by atoms with van der Waals surface area (Å²) in [7, 11) is 3.55. The average molecular weight is 225 g/mol. The van der Waals surface area contributed by atoms with Crippen molar-refractivity contribution in [3.05, 3.63) is 22.4 Å². The first-order valence-corrected chi connectivity index (χ1v) is 5.36. The summed E-state index contributed by atoms with van der Waals surface area (Å²) in [5, 5.41) is 4.12. The molecule has 0 aliphatic heterocycles. The second-order valence-corrected chi connectivity index (χ2v) is 3.83. The number of nitrogens with two attached hydrogens (primary N) is 2. The van der Waals surface area contributed by atoms with Gasteiger partial charge in [0.1, 0.15) is 0 Å². The van der Waals surface area contributed by atoms with Crippen molar-refractivity contribution in [1.29, 1.82) is 0 Å². The number of hydrogen-bond acceptors (Lipinski definition) is 2. The molecule has 0 aromatic carbocycles. The highest BCUT2D eigenvalue weighted by Crippen LogP contribution is 2.08. The van der Waals surface area contributed by atoms with Crippen molar-refractivity contribution in [2.45, 2.75) is 6.54 Å². The van der Waals surface area contributed by atoms with Crippen molar-refractivity contribution < 1.29 is 0 Å². The number of hydrogen-bond donors (Lipinski definition) is 2. The number of nitrogens with zero attached hydrogens (tertiary/aromatic N) is 3. The van der Waals surface area contributed by atoms with Crippen LogP contribution in [0.5, 0.6) is 0 Å². The summed E-state index contributed by atoms with van der Waals surface area (Å²) in [6.07, 6.45) is 0. The molecule has 0 atom stereocenters. The molecule has 1 rings (SSSR count). The summed E-state index contributed by atoms with van der Waals surface area (Å²) in [6.45, 7) is 0.743. The van der Waals surface area contributed by atoms with Crippen LogP contribution >= 0.6 is 11.3 Å². The van der Waals surface area contributed by atoms with Gasteiger partial charge in [-0.25, -0.2) is 0 Å². The predicted octanol–water partition coefficient (Wildman–Crippen LogP) is 0.439. The van der Waals surface area contributed by atoms with E-state index in [9.17, 15) is 0 Å². The Kier molecular flexibility index (Phi) is 4.11. The highest BCUT2D eigenvalue weighted by molar-refractivity contribution is 7.07. The highest BCUT2D eigenvalue weighted by Gasteiger charge is 2.05. The summed E-state index contributed by atoms with van der Waals surface area (Å²) >= 11 is 1.66. The van der Waals surface area contributed by atoms with Crippen molar-refractivity contribution in [2.75, 3.05) is 14.1 Å². The van der Waals surface area contributed by atoms with Crippen LogP contribution in [-0.4, -0.2) is 30.9 Å². The Labute approximate surface area is 93.1 Å². The quantitative estimate of drug-likeness (QED) is 0.566. The predicted molar refractivity (Wildman–Crippen MR) is 65.0 cm³/mol. The molecule has 1 aromatic rings. The van der Waals surface area contributed by atoms with E-state index in [2.05, 4.69) is 21.4 Å². The Morgan fingerprint density at radius 3 is 2.73 bits per heavy atom. The van der Waals surface area contributed by atoms with E-state index in [-0.39, 0.29) is 5.96 Å². The largest absolute Gasteiger partial charge is 0.370 e.